The molecule has 1 heterocycles. The van der Waals surface area contributed by atoms with Crippen LogP contribution in [0.15, 0.2) is 47.4 Å². The molecule has 27 heavy (non-hydrogen) atoms. The van der Waals surface area contributed by atoms with Crippen molar-refractivity contribution in [3.8, 4) is 27.3 Å². The van der Waals surface area contributed by atoms with Gasteiger partial charge in [0.1, 0.15) is 14.5 Å². The molecule has 0 aliphatic heterocycles. The maximum atomic E-state index is 11.7. The monoisotopic (exact) mass is 448 g/mol. The first-order valence-corrected chi connectivity index (χ1v) is 11.7. The van der Waals surface area contributed by atoms with Crippen molar-refractivity contribution in [3.05, 3.63) is 51.9 Å². The van der Waals surface area contributed by atoms with E-state index in [4.69, 9.17) is 17.0 Å². The predicted molar refractivity (Wildman–Crippen MR) is 117 cm³/mol. The number of rotatable bonds is 5. The second kappa shape index (κ2) is 9.28. The molecule has 0 unspecified atom stereocenters. The summed E-state index contributed by atoms with van der Waals surface area (Å²) in [6.07, 6.45) is 0.961. The molecule has 9 heteroatoms. The maximum absolute atomic E-state index is 11.7. The van der Waals surface area contributed by atoms with Gasteiger partial charge in [0.05, 0.1) is 12.0 Å². The van der Waals surface area contributed by atoms with Crippen molar-refractivity contribution in [2.75, 3.05) is 7.11 Å². The fourth-order valence-corrected chi connectivity index (χ4v) is 6.22. The first kappa shape index (κ1) is 22.7. The minimum absolute atomic E-state index is 0. The Labute approximate surface area is 193 Å². The standard InChI is InChI=1S/C18H16O4S4.Na.H/c1-3-11-4-6-12(7-5-11)17-16(18(23)25-24-17)13-8-9-14(22-2)15(10-13)26(19,20)21;;/h4-10H,3H2,1-2H3,(H,19,20,21);;. The summed E-state index contributed by atoms with van der Waals surface area (Å²) in [6.45, 7) is 2.10. The third-order valence-electron chi connectivity index (χ3n) is 3.99. The summed E-state index contributed by atoms with van der Waals surface area (Å²) < 4.78 is 38.6. The molecule has 0 saturated heterocycles. The van der Waals surface area contributed by atoms with Gasteiger partial charge in [-0.3, -0.25) is 4.55 Å². The average Bonchev–Trinajstić information content (AvgIpc) is 3.02. The zero-order valence-corrected chi connectivity index (χ0v) is 17.3. The van der Waals surface area contributed by atoms with Gasteiger partial charge in [0.15, 0.2) is 0 Å². The molecule has 3 rings (SSSR count). The molecule has 0 spiro atoms. The van der Waals surface area contributed by atoms with Crippen molar-refractivity contribution >= 4 is 72.6 Å². The van der Waals surface area contributed by atoms with E-state index in [0.717, 1.165) is 22.4 Å². The van der Waals surface area contributed by atoms with Crippen molar-refractivity contribution in [1.82, 2.24) is 0 Å². The average molecular weight is 449 g/mol. The molecule has 0 fully saturated rings. The summed E-state index contributed by atoms with van der Waals surface area (Å²) in [5, 5.41) is 0. The molecule has 2 aromatic carbocycles. The first-order chi connectivity index (χ1) is 12.3. The Morgan fingerprint density at radius 2 is 1.70 bits per heavy atom. The van der Waals surface area contributed by atoms with Gasteiger partial charge in [0.25, 0.3) is 10.1 Å². The van der Waals surface area contributed by atoms with Crippen LogP contribution < -0.4 is 4.74 Å². The second-order valence-electron chi connectivity index (χ2n) is 5.55. The molecule has 0 saturated carbocycles. The van der Waals surface area contributed by atoms with Crippen LogP contribution in [0.3, 0.4) is 0 Å². The SMILES string of the molecule is CCc1ccc(-c2ssc(=S)c2-c2ccc(OC)c(S(=O)(=O)O)c2)cc1.[NaH]. The molecule has 4 nitrogen and oxygen atoms in total. The van der Waals surface area contributed by atoms with Crippen molar-refractivity contribution in [1.29, 1.82) is 0 Å². The van der Waals surface area contributed by atoms with Crippen LogP contribution in [0.5, 0.6) is 5.75 Å². The molecular weight excluding hydrogens is 431 g/mol. The van der Waals surface area contributed by atoms with E-state index < -0.39 is 10.1 Å². The Bertz CT molecular complexity index is 1100. The van der Waals surface area contributed by atoms with Crippen LogP contribution in [0, 0.1) is 3.82 Å². The third kappa shape index (κ3) is 4.89. The van der Waals surface area contributed by atoms with Crippen molar-refractivity contribution in [3.63, 3.8) is 0 Å². The van der Waals surface area contributed by atoms with Gasteiger partial charge in [0.2, 0.25) is 0 Å². The summed E-state index contributed by atoms with van der Waals surface area (Å²) in [7, 11) is -0.0316. The molecule has 0 aliphatic rings. The van der Waals surface area contributed by atoms with Crippen LogP contribution in [0.4, 0.5) is 0 Å². The minimum atomic E-state index is -4.41. The van der Waals surface area contributed by atoms with E-state index in [1.807, 2.05) is 12.1 Å². The van der Waals surface area contributed by atoms with E-state index in [9.17, 15) is 13.0 Å². The van der Waals surface area contributed by atoms with Crippen molar-refractivity contribution in [2.45, 2.75) is 18.2 Å². The van der Waals surface area contributed by atoms with Crippen LogP contribution in [-0.4, -0.2) is 49.6 Å². The molecule has 3 aromatic rings. The van der Waals surface area contributed by atoms with Crippen LogP contribution in [0.25, 0.3) is 21.6 Å². The summed E-state index contributed by atoms with van der Waals surface area (Å²) in [5.74, 6) is 0.0925. The van der Waals surface area contributed by atoms with E-state index in [1.165, 1.54) is 35.1 Å². The molecular formula is C18H17NaO4S4. The Kier molecular flexibility index (Phi) is 7.80. The summed E-state index contributed by atoms with van der Waals surface area (Å²) in [6, 6.07) is 12.9. The van der Waals surface area contributed by atoms with Gasteiger partial charge in [-0.1, -0.05) is 70.2 Å². The number of ether oxygens (including phenoxy) is 1. The van der Waals surface area contributed by atoms with Gasteiger partial charge in [0, 0.05) is 5.56 Å². The first-order valence-electron chi connectivity index (χ1n) is 7.73. The summed E-state index contributed by atoms with van der Waals surface area (Å²) in [4.78, 5) is 0.712. The molecule has 0 aliphatic carbocycles. The zero-order chi connectivity index (χ0) is 18.9. The van der Waals surface area contributed by atoms with Crippen molar-refractivity contribution in [2.24, 2.45) is 0 Å². The van der Waals surface area contributed by atoms with E-state index in [-0.39, 0.29) is 40.2 Å². The number of hydrogen-bond donors (Lipinski definition) is 1. The zero-order valence-electron chi connectivity index (χ0n) is 14.1. The van der Waals surface area contributed by atoms with Gasteiger partial charge in [-0.15, -0.1) is 0 Å². The molecule has 0 atom stereocenters. The number of aryl methyl sites for hydroxylation is 1. The quantitative estimate of drug-likeness (QED) is 0.256. The topological polar surface area (TPSA) is 63.6 Å². The molecule has 138 valence electrons. The van der Waals surface area contributed by atoms with Crippen LogP contribution in [-0.2, 0) is 16.5 Å². The van der Waals surface area contributed by atoms with Crippen molar-refractivity contribution < 1.29 is 17.7 Å². The van der Waals surface area contributed by atoms with Gasteiger partial charge in [-0.25, -0.2) is 0 Å². The molecule has 0 amide bonds. The Hall–Kier alpha value is -0.580. The van der Waals surface area contributed by atoms with Gasteiger partial charge < -0.3 is 4.74 Å². The summed E-state index contributed by atoms with van der Waals surface area (Å²) in [5.41, 5.74) is 3.70. The third-order valence-corrected chi connectivity index (χ3v) is 7.93. The Balaban J connectivity index is 0.00000261. The fraction of sp³-hybridized carbons (Fsp3) is 0.167. The molecule has 0 bridgehead atoms. The Morgan fingerprint density at radius 1 is 1.07 bits per heavy atom. The number of hydrogen-bond acceptors (Lipinski definition) is 6. The van der Waals surface area contributed by atoms with Crippen LogP contribution in [0.2, 0.25) is 0 Å². The Morgan fingerprint density at radius 3 is 2.26 bits per heavy atom. The van der Waals surface area contributed by atoms with Gasteiger partial charge >= 0.3 is 29.6 Å². The fourth-order valence-electron chi connectivity index (χ4n) is 2.62. The number of methoxy groups -OCH3 is 1. The molecule has 1 aromatic heterocycles. The summed E-state index contributed by atoms with van der Waals surface area (Å²) >= 11 is 5.49. The molecule has 0 radical (unpaired) electrons. The second-order valence-corrected chi connectivity index (χ2v) is 9.76. The molecule has 1 N–H and O–H groups in total. The predicted octanol–water partition coefficient (Wildman–Crippen LogP) is 5.04. The number of benzene rings is 2. The van der Waals surface area contributed by atoms with E-state index in [0.29, 0.717) is 9.39 Å². The van der Waals surface area contributed by atoms with Gasteiger partial charge in [-0.2, -0.15) is 8.42 Å². The van der Waals surface area contributed by atoms with E-state index >= 15 is 0 Å². The van der Waals surface area contributed by atoms with Crippen LogP contribution >= 0.6 is 32.9 Å². The van der Waals surface area contributed by atoms with Gasteiger partial charge in [-0.05, 0) is 35.2 Å². The van der Waals surface area contributed by atoms with E-state index in [2.05, 4.69) is 19.1 Å². The normalized spacial score (nSPS) is 11.1. The van der Waals surface area contributed by atoms with Crippen LogP contribution in [0.1, 0.15) is 12.5 Å². The van der Waals surface area contributed by atoms with E-state index in [1.54, 1.807) is 16.4 Å².